The Kier molecular flexibility index (Phi) is 7.11. The Bertz CT molecular complexity index is 1510. The van der Waals surface area contributed by atoms with E-state index in [9.17, 15) is 17.6 Å². The summed E-state index contributed by atoms with van der Waals surface area (Å²) in [6, 6.07) is 4.61. The summed E-state index contributed by atoms with van der Waals surface area (Å²) in [6.45, 7) is -3.74. The van der Waals surface area contributed by atoms with Crippen molar-refractivity contribution in [1.29, 1.82) is 0 Å². The zero-order chi connectivity index (χ0) is 27.8. The second-order valence-electron chi connectivity index (χ2n) is 9.04. The number of imidazole rings is 1. The molecule has 0 saturated carbocycles. The Balaban J connectivity index is 1.42. The molecule has 1 atom stereocenters. The van der Waals surface area contributed by atoms with Gasteiger partial charge in [-0.05, 0) is 18.2 Å². The first kappa shape index (κ1) is 26.2. The molecule has 4 aromatic rings. The van der Waals surface area contributed by atoms with Gasteiger partial charge in [0.1, 0.15) is 29.1 Å². The summed E-state index contributed by atoms with van der Waals surface area (Å²) < 4.78 is 89.5. The van der Waals surface area contributed by atoms with E-state index in [1.165, 1.54) is 24.7 Å². The number of halogens is 5. The van der Waals surface area contributed by atoms with Crippen molar-refractivity contribution in [3.05, 3.63) is 65.6 Å². The number of fused-ring (bicyclic) bond motifs is 3. The normalized spacial score (nSPS) is 17.5. The molecule has 5 heterocycles. The molecule has 3 aromatic heterocycles. The molecule has 0 aliphatic carbocycles. The highest BCUT2D eigenvalue weighted by atomic mass is 19.3. The number of hydrogen-bond donors (Lipinski definition) is 0. The minimum atomic E-state index is -3.17. The smallest absolute Gasteiger partial charge is 0.387 e. The summed E-state index contributed by atoms with van der Waals surface area (Å²) in [5.74, 6) is -0.609. The molecule has 14 heteroatoms. The monoisotopic (exact) mass is 563 g/mol. The lowest BCUT2D eigenvalue weighted by molar-refractivity contribution is -0.0550. The molecular formula is C26H22F5N5O4. The van der Waals surface area contributed by atoms with Gasteiger partial charge in [0.15, 0.2) is 0 Å². The van der Waals surface area contributed by atoms with Crippen LogP contribution in [0, 0.1) is 5.82 Å². The summed E-state index contributed by atoms with van der Waals surface area (Å²) >= 11 is 0. The van der Waals surface area contributed by atoms with Crippen LogP contribution in [-0.4, -0.2) is 65.5 Å². The molecule has 210 valence electrons. The molecule has 1 fully saturated rings. The fourth-order valence-electron chi connectivity index (χ4n) is 4.89. The Morgan fingerprint density at radius 1 is 0.950 bits per heavy atom. The SMILES string of the molecule is Fc1cc2nc3c(n2cc1-c1cnc(N2CCOCC2)nc1)C(c1cc(OC(F)F)ccc1OC(F)F)OCC3. The second kappa shape index (κ2) is 10.8. The zero-order valence-corrected chi connectivity index (χ0v) is 20.8. The fraction of sp³-hybridized carbons (Fsp3) is 0.346. The van der Waals surface area contributed by atoms with Crippen molar-refractivity contribution in [2.45, 2.75) is 25.7 Å². The van der Waals surface area contributed by atoms with Gasteiger partial charge in [-0.15, -0.1) is 0 Å². The van der Waals surface area contributed by atoms with E-state index >= 15 is 4.39 Å². The molecule has 1 saturated heterocycles. The van der Waals surface area contributed by atoms with Crippen molar-refractivity contribution < 1.29 is 40.9 Å². The van der Waals surface area contributed by atoms with Crippen LogP contribution >= 0.6 is 0 Å². The van der Waals surface area contributed by atoms with Crippen LogP contribution in [0.15, 0.2) is 42.9 Å². The number of morpholine rings is 1. The number of aromatic nitrogens is 4. The van der Waals surface area contributed by atoms with E-state index in [2.05, 4.69) is 24.4 Å². The molecule has 9 nitrogen and oxygen atoms in total. The Morgan fingerprint density at radius 3 is 2.42 bits per heavy atom. The number of alkyl halides is 4. The van der Waals surface area contributed by atoms with E-state index in [1.54, 1.807) is 4.40 Å². The summed E-state index contributed by atoms with van der Waals surface area (Å²) in [4.78, 5) is 15.3. The van der Waals surface area contributed by atoms with Crippen molar-refractivity contribution in [3.63, 3.8) is 0 Å². The molecule has 0 amide bonds. The van der Waals surface area contributed by atoms with Gasteiger partial charge in [-0.25, -0.2) is 19.3 Å². The molecule has 0 spiro atoms. The van der Waals surface area contributed by atoms with Gasteiger partial charge in [-0.1, -0.05) is 0 Å². The van der Waals surface area contributed by atoms with E-state index in [1.807, 2.05) is 4.90 Å². The fourth-order valence-corrected chi connectivity index (χ4v) is 4.89. The average Bonchev–Trinajstić information content (AvgIpc) is 3.31. The summed E-state index contributed by atoms with van der Waals surface area (Å²) in [5.41, 5.74) is 1.82. The van der Waals surface area contributed by atoms with Crippen molar-refractivity contribution in [2.24, 2.45) is 0 Å². The maximum atomic E-state index is 15.3. The molecule has 2 aliphatic heterocycles. The molecule has 1 unspecified atom stereocenters. The van der Waals surface area contributed by atoms with Crippen molar-refractivity contribution in [3.8, 4) is 22.6 Å². The minimum absolute atomic E-state index is 0.0327. The first-order chi connectivity index (χ1) is 19.4. The van der Waals surface area contributed by atoms with Gasteiger partial charge in [-0.3, -0.25) is 4.40 Å². The van der Waals surface area contributed by atoms with Gasteiger partial charge in [0, 0.05) is 60.9 Å². The molecule has 40 heavy (non-hydrogen) atoms. The Labute approximate surface area is 224 Å². The number of nitrogens with zero attached hydrogens (tertiary/aromatic N) is 5. The van der Waals surface area contributed by atoms with E-state index < -0.39 is 25.1 Å². The summed E-state index contributed by atoms with van der Waals surface area (Å²) in [5, 5.41) is 0. The zero-order valence-electron chi connectivity index (χ0n) is 20.8. The maximum absolute atomic E-state index is 15.3. The number of rotatable bonds is 7. The van der Waals surface area contributed by atoms with Crippen molar-refractivity contribution in [1.82, 2.24) is 19.4 Å². The van der Waals surface area contributed by atoms with Crippen LogP contribution in [-0.2, 0) is 15.9 Å². The third-order valence-electron chi connectivity index (χ3n) is 6.64. The predicted octanol–water partition coefficient (Wildman–Crippen LogP) is 4.63. The van der Waals surface area contributed by atoms with Crippen LogP contribution in [0.3, 0.4) is 0 Å². The van der Waals surface area contributed by atoms with Crippen LogP contribution in [0.5, 0.6) is 11.5 Å². The molecule has 2 aliphatic rings. The average molecular weight is 563 g/mol. The minimum Gasteiger partial charge on any atom is -0.435 e. The van der Waals surface area contributed by atoms with E-state index in [4.69, 9.17) is 9.47 Å². The molecule has 0 N–H and O–H groups in total. The van der Waals surface area contributed by atoms with Gasteiger partial charge in [0.25, 0.3) is 0 Å². The summed E-state index contributed by atoms with van der Waals surface area (Å²) in [6.07, 6.45) is 3.84. The van der Waals surface area contributed by atoms with E-state index in [-0.39, 0.29) is 34.9 Å². The lowest BCUT2D eigenvalue weighted by Crippen LogP contribution is -2.37. The van der Waals surface area contributed by atoms with Crippen LogP contribution in [0.4, 0.5) is 27.9 Å². The molecule has 0 bridgehead atoms. The first-order valence-electron chi connectivity index (χ1n) is 12.4. The summed E-state index contributed by atoms with van der Waals surface area (Å²) in [7, 11) is 0. The highest BCUT2D eigenvalue weighted by Crippen LogP contribution is 2.41. The van der Waals surface area contributed by atoms with Crippen molar-refractivity contribution >= 4 is 11.6 Å². The van der Waals surface area contributed by atoms with Crippen LogP contribution in [0.25, 0.3) is 16.8 Å². The van der Waals surface area contributed by atoms with E-state index in [0.29, 0.717) is 55.6 Å². The van der Waals surface area contributed by atoms with Gasteiger partial charge in [0.05, 0.1) is 31.2 Å². The molecule has 6 rings (SSSR count). The van der Waals surface area contributed by atoms with Gasteiger partial charge in [0.2, 0.25) is 5.95 Å². The van der Waals surface area contributed by atoms with Gasteiger partial charge < -0.3 is 23.8 Å². The number of benzene rings is 1. The largest absolute Gasteiger partial charge is 0.435 e. The maximum Gasteiger partial charge on any atom is 0.387 e. The number of pyridine rings is 1. The Morgan fingerprint density at radius 2 is 1.70 bits per heavy atom. The van der Waals surface area contributed by atoms with Crippen molar-refractivity contribution in [2.75, 3.05) is 37.8 Å². The molecular weight excluding hydrogens is 541 g/mol. The molecule has 1 aromatic carbocycles. The highest BCUT2D eigenvalue weighted by Gasteiger charge is 2.32. The number of ether oxygens (including phenoxy) is 4. The van der Waals surface area contributed by atoms with Crippen LogP contribution < -0.4 is 14.4 Å². The number of hydrogen-bond acceptors (Lipinski definition) is 8. The van der Waals surface area contributed by atoms with Gasteiger partial charge in [-0.2, -0.15) is 17.6 Å². The third kappa shape index (κ3) is 5.11. The quantitative estimate of drug-likeness (QED) is 0.301. The van der Waals surface area contributed by atoms with Gasteiger partial charge >= 0.3 is 13.2 Å². The lowest BCUT2D eigenvalue weighted by Gasteiger charge is -2.26. The first-order valence-corrected chi connectivity index (χ1v) is 12.4. The highest BCUT2D eigenvalue weighted by molar-refractivity contribution is 5.65. The standard InChI is InChI=1S/C26H22F5N5O4/c27-18-10-21-34-19-3-6-38-23(16-9-15(39-24(28)29)1-2-20(16)40-25(30)31)22(19)36(21)13-17(18)14-11-32-26(33-12-14)35-4-7-37-8-5-35/h1-2,9-13,23-25H,3-8H2. The van der Waals surface area contributed by atoms with E-state index in [0.717, 1.165) is 18.2 Å². The molecule has 0 radical (unpaired) electrons. The van der Waals surface area contributed by atoms with Crippen LogP contribution in [0.1, 0.15) is 23.1 Å². The predicted molar refractivity (Wildman–Crippen MR) is 130 cm³/mol. The lowest BCUT2D eigenvalue weighted by atomic mass is 10.00. The second-order valence-corrected chi connectivity index (χ2v) is 9.04. The number of anilines is 1. The topological polar surface area (TPSA) is 83.2 Å². The Hall–Kier alpha value is -4.04. The van der Waals surface area contributed by atoms with Crippen LogP contribution in [0.2, 0.25) is 0 Å². The third-order valence-corrected chi connectivity index (χ3v) is 6.64.